The van der Waals surface area contributed by atoms with E-state index in [0.717, 1.165) is 17.7 Å². The Kier molecular flexibility index (Phi) is 8.84. The molecule has 170 valence electrons. The van der Waals surface area contributed by atoms with E-state index in [-0.39, 0.29) is 5.91 Å². The van der Waals surface area contributed by atoms with E-state index in [0.29, 0.717) is 51.5 Å². The second-order valence-corrected chi connectivity index (χ2v) is 9.29. The number of para-hydroxylation sites is 1. The van der Waals surface area contributed by atoms with Crippen molar-refractivity contribution in [3.63, 3.8) is 0 Å². The van der Waals surface area contributed by atoms with Crippen molar-refractivity contribution in [2.75, 3.05) is 19.8 Å². The molecule has 0 bridgehead atoms. The fourth-order valence-corrected chi connectivity index (χ4v) is 4.50. The SMILES string of the molecule is CCOc1cc(C=C2SC(=S)NC2=O)cc(Cl)c1OCCOc1ccccc1C(C)CC. The molecule has 0 aliphatic carbocycles. The molecular weight excluding hydrogens is 466 g/mol. The van der Waals surface area contributed by atoms with Crippen LogP contribution < -0.4 is 19.5 Å². The molecule has 0 aromatic heterocycles. The molecule has 0 radical (unpaired) electrons. The molecule has 1 amide bonds. The third-order valence-corrected chi connectivity index (χ3v) is 6.36. The number of halogens is 1. The maximum absolute atomic E-state index is 11.9. The van der Waals surface area contributed by atoms with Crippen LogP contribution in [0.15, 0.2) is 41.3 Å². The quantitative estimate of drug-likeness (QED) is 0.242. The topological polar surface area (TPSA) is 56.8 Å². The van der Waals surface area contributed by atoms with E-state index in [2.05, 4.69) is 25.2 Å². The summed E-state index contributed by atoms with van der Waals surface area (Å²) in [5.41, 5.74) is 1.92. The van der Waals surface area contributed by atoms with Gasteiger partial charge in [-0.3, -0.25) is 4.79 Å². The summed E-state index contributed by atoms with van der Waals surface area (Å²) in [5.74, 6) is 2.03. The van der Waals surface area contributed by atoms with E-state index < -0.39 is 0 Å². The number of thiocarbonyl (C=S) groups is 1. The van der Waals surface area contributed by atoms with Crippen LogP contribution in [-0.2, 0) is 4.79 Å². The van der Waals surface area contributed by atoms with Gasteiger partial charge < -0.3 is 19.5 Å². The van der Waals surface area contributed by atoms with Gasteiger partial charge in [-0.1, -0.05) is 67.6 Å². The third-order valence-electron chi connectivity index (χ3n) is 4.92. The van der Waals surface area contributed by atoms with Gasteiger partial charge in [-0.25, -0.2) is 0 Å². The Balaban J connectivity index is 1.70. The number of benzene rings is 2. The number of thioether (sulfide) groups is 1. The molecule has 0 saturated carbocycles. The monoisotopic (exact) mass is 491 g/mol. The Hall–Kier alpha value is -2.22. The van der Waals surface area contributed by atoms with Crippen LogP contribution in [-0.4, -0.2) is 30.0 Å². The van der Waals surface area contributed by atoms with Crippen LogP contribution in [0.5, 0.6) is 17.2 Å². The number of hydrogen-bond donors (Lipinski definition) is 1. The molecule has 5 nitrogen and oxygen atoms in total. The normalized spacial score (nSPS) is 15.6. The highest BCUT2D eigenvalue weighted by Gasteiger charge is 2.22. The molecule has 1 fully saturated rings. The average molecular weight is 492 g/mol. The molecule has 32 heavy (non-hydrogen) atoms. The first-order valence-corrected chi connectivity index (χ1v) is 12.1. The van der Waals surface area contributed by atoms with E-state index in [1.54, 1.807) is 18.2 Å². The molecule has 0 spiro atoms. The van der Waals surface area contributed by atoms with Gasteiger partial charge in [0.1, 0.15) is 23.3 Å². The summed E-state index contributed by atoms with van der Waals surface area (Å²) in [6.45, 7) is 7.36. The minimum Gasteiger partial charge on any atom is -0.490 e. The number of carbonyl (C=O) groups excluding carboxylic acids is 1. The van der Waals surface area contributed by atoms with Gasteiger partial charge in [-0.05, 0) is 54.7 Å². The maximum Gasteiger partial charge on any atom is 0.263 e. The third kappa shape index (κ3) is 6.18. The van der Waals surface area contributed by atoms with Crippen LogP contribution in [0, 0.1) is 0 Å². The lowest BCUT2D eigenvalue weighted by Gasteiger charge is -2.17. The van der Waals surface area contributed by atoms with Crippen molar-refractivity contribution >= 4 is 51.9 Å². The lowest BCUT2D eigenvalue weighted by Crippen LogP contribution is -2.17. The first-order chi connectivity index (χ1) is 15.4. The Morgan fingerprint density at radius 1 is 1.12 bits per heavy atom. The highest BCUT2D eigenvalue weighted by Crippen LogP contribution is 2.38. The molecule has 1 N–H and O–H groups in total. The van der Waals surface area contributed by atoms with Gasteiger partial charge in [0, 0.05) is 0 Å². The van der Waals surface area contributed by atoms with Crippen LogP contribution in [0.3, 0.4) is 0 Å². The summed E-state index contributed by atoms with van der Waals surface area (Å²) in [4.78, 5) is 12.4. The highest BCUT2D eigenvalue weighted by atomic mass is 35.5. The summed E-state index contributed by atoms with van der Waals surface area (Å²) in [7, 11) is 0. The smallest absolute Gasteiger partial charge is 0.263 e. The number of amides is 1. The summed E-state index contributed by atoms with van der Waals surface area (Å²) >= 11 is 12.7. The van der Waals surface area contributed by atoms with Gasteiger partial charge in [0.15, 0.2) is 11.5 Å². The Bertz CT molecular complexity index is 1030. The standard InChI is InChI=1S/C24H26ClNO4S2/c1-4-15(3)17-8-6-7-9-19(17)29-10-11-30-22-18(25)12-16(13-20(22)28-5-2)14-21-23(27)26-24(31)32-21/h6-9,12-15H,4-5,10-11H2,1-3H3,(H,26,27,31). The van der Waals surface area contributed by atoms with Gasteiger partial charge in [-0.15, -0.1) is 0 Å². The maximum atomic E-state index is 11.9. The fourth-order valence-electron chi connectivity index (χ4n) is 3.18. The molecule has 1 heterocycles. The van der Waals surface area contributed by atoms with Crippen LogP contribution in [0.1, 0.15) is 44.2 Å². The summed E-state index contributed by atoms with van der Waals surface area (Å²) in [5, 5.41) is 3.00. The van der Waals surface area contributed by atoms with E-state index in [4.69, 9.17) is 38.0 Å². The average Bonchev–Trinajstić information content (AvgIpc) is 3.09. The number of hydrogen-bond acceptors (Lipinski definition) is 6. The van der Waals surface area contributed by atoms with Crippen molar-refractivity contribution in [2.45, 2.75) is 33.1 Å². The molecule has 1 unspecified atom stereocenters. The molecule has 1 saturated heterocycles. The molecule has 2 aromatic rings. The fraction of sp³-hybridized carbons (Fsp3) is 0.333. The Morgan fingerprint density at radius 2 is 1.88 bits per heavy atom. The second kappa shape index (κ2) is 11.6. The van der Waals surface area contributed by atoms with Crippen LogP contribution in [0.25, 0.3) is 6.08 Å². The molecule has 1 aliphatic rings. The summed E-state index contributed by atoms with van der Waals surface area (Å²) in [6, 6.07) is 11.6. The van der Waals surface area contributed by atoms with Crippen LogP contribution in [0.4, 0.5) is 0 Å². The van der Waals surface area contributed by atoms with Crippen molar-refractivity contribution in [3.05, 3.63) is 57.5 Å². The summed E-state index contributed by atoms with van der Waals surface area (Å²) in [6.07, 6.45) is 2.77. The van der Waals surface area contributed by atoms with Crippen molar-refractivity contribution in [1.29, 1.82) is 0 Å². The second-order valence-electron chi connectivity index (χ2n) is 7.16. The zero-order valence-corrected chi connectivity index (χ0v) is 20.7. The van der Waals surface area contributed by atoms with Crippen molar-refractivity contribution in [2.24, 2.45) is 0 Å². The number of carbonyl (C=O) groups is 1. The lowest BCUT2D eigenvalue weighted by molar-refractivity contribution is -0.115. The number of ether oxygens (including phenoxy) is 3. The molecule has 2 aromatic carbocycles. The molecular formula is C24H26ClNO4S2. The highest BCUT2D eigenvalue weighted by molar-refractivity contribution is 8.26. The Labute approximate surface area is 203 Å². The van der Waals surface area contributed by atoms with E-state index in [1.807, 2.05) is 25.1 Å². The van der Waals surface area contributed by atoms with Gasteiger partial charge >= 0.3 is 0 Å². The van der Waals surface area contributed by atoms with Gasteiger partial charge in [-0.2, -0.15) is 0 Å². The number of nitrogens with one attached hydrogen (secondary N) is 1. The van der Waals surface area contributed by atoms with Crippen molar-refractivity contribution < 1.29 is 19.0 Å². The lowest BCUT2D eigenvalue weighted by atomic mass is 9.98. The zero-order chi connectivity index (χ0) is 23.1. The first kappa shape index (κ1) is 24.4. The minimum atomic E-state index is -0.218. The molecule has 1 atom stereocenters. The molecule has 1 aliphatic heterocycles. The Morgan fingerprint density at radius 3 is 2.56 bits per heavy atom. The number of rotatable bonds is 10. The molecule has 8 heteroatoms. The van der Waals surface area contributed by atoms with Crippen molar-refractivity contribution in [3.8, 4) is 17.2 Å². The van der Waals surface area contributed by atoms with Crippen LogP contribution >= 0.6 is 35.6 Å². The molecule has 3 rings (SSSR count). The predicted octanol–water partition coefficient (Wildman–Crippen LogP) is 6.20. The van der Waals surface area contributed by atoms with E-state index in [1.165, 1.54) is 17.3 Å². The van der Waals surface area contributed by atoms with Gasteiger partial charge in [0.25, 0.3) is 5.91 Å². The van der Waals surface area contributed by atoms with E-state index in [9.17, 15) is 4.79 Å². The van der Waals surface area contributed by atoms with Gasteiger partial charge in [0.05, 0.1) is 16.5 Å². The summed E-state index contributed by atoms with van der Waals surface area (Å²) < 4.78 is 18.1. The predicted molar refractivity (Wildman–Crippen MR) is 135 cm³/mol. The largest absolute Gasteiger partial charge is 0.490 e. The van der Waals surface area contributed by atoms with Gasteiger partial charge in [0.2, 0.25) is 0 Å². The zero-order valence-electron chi connectivity index (χ0n) is 18.3. The van der Waals surface area contributed by atoms with E-state index >= 15 is 0 Å². The van der Waals surface area contributed by atoms with Crippen molar-refractivity contribution in [1.82, 2.24) is 5.32 Å². The minimum absolute atomic E-state index is 0.218. The van der Waals surface area contributed by atoms with Crippen LogP contribution in [0.2, 0.25) is 5.02 Å². The first-order valence-electron chi connectivity index (χ1n) is 10.5.